The summed E-state index contributed by atoms with van der Waals surface area (Å²) in [5.41, 5.74) is 0.852. The van der Waals surface area contributed by atoms with Gasteiger partial charge in [0.05, 0.1) is 26.4 Å². The number of nitrogens with zero attached hydrogens (tertiary/aromatic N) is 1. The Balaban J connectivity index is 1.64. The Morgan fingerprint density at radius 1 is 1.03 bits per heavy atom. The first kappa shape index (κ1) is 22.7. The first-order valence-electron chi connectivity index (χ1n) is 9.73. The maximum Gasteiger partial charge on any atom is 0.254 e. The number of carbonyl (C=O) groups excluding carboxylic acids is 2. The molecule has 2 aromatic carbocycles. The Labute approximate surface area is 185 Å². The van der Waals surface area contributed by atoms with Crippen LogP contribution >= 0.6 is 11.6 Å². The number of carbonyl (C=O) groups is 2. The van der Waals surface area contributed by atoms with Crippen LogP contribution in [0.5, 0.6) is 17.2 Å². The summed E-state index contributed by atoms with van der Waals surface area (Å²) < 4.78 is 29.2. The van der Waals surface area contributed by atoms with E-state index in [4.69, 9.17) is 25.8 Å². The van der Waals surface area contributed by atoms with E-state index >= 15 is 0 Å². The zero-order chi connectivity index (χ0) is 22.5. The third kappa shape index (κ3) is 5.02. The van der Waals surface area contributed by atoms with E-state index < -0.39 is 5.82 Å². The molecule has 0 unspecified atom stereocenters. The molecule has 1 aliphatic heterocycles. The van der Waals surface area contributed by atoms with Crippen LogP contribution in [0.1, 0.15) is 23.2 Å². The molecule has 0 bridgehead atoms. The van der Waals surface area contributed by atoms with Crippen molar-refractivity contribution in [3.63, 3.8) is 0 Å². The van der Waals surface area contributed by atoms with Gasteiger partial charge in [0.25, 0.3) is 5.91 Å². The maximum absolute atomic E-state index is 13.3. The van der Waals surface area contributed by atoms with Crippen LogP contribution in [0.4, 0.5) is 10.1 Å². The molecular formula is C22H24ClFN2O5. The normalized spacial score (nSPS) is 14.2. The lowest BCUT2D eigenvalue weighted by Gasteiger charge is -2.31. The highest BCUT2D eigenvalue weighted by atomic mass is 35.5. The monoisotopic (exact) mass is 450 g/mol. The maximum atomic E-state index is 13.3. The summed E-state index contributed by atoms with van der Waals surface area (Å²) in [6.45, 7) is 0.857. The third-order valence-corrected chi connectivity index (χ3v) is 5.54. The number of ether oxygens (including phenoxy) is 3. The van der Waals surface area contributed by atoms with E-state index in [-0.39, 0.29) is 22.8 Å². The van der Waals surface area contributed by atoms with Gasteiger partial charge in [-0.1, -0.05) is 11.6 Å². The molecule has 7 nitrogen and oxygen atoms in total. The minimum absolute atomic E-state index is 0.0523. The van der Waals surface area contributed by atoms with E-state index in [0.29, 0.717) is 54.4 Å². The Kier molecular flexibility index (Phi) is 7.22. The average Bonchev–Trinajstić information content (AvgIpc) is 2.79. The van der Waals surface area contributed by atoms with Gasteiger partial charge < -0.3 is 24.4 Å². The molecule has 0 aromatic heterocycles. The molecule has 2 aromatic rings. The van der Waals surface area contributed by atoms with Gasteiger partial charge in [0, 0.05) is 30.3 Å². The van der Waals surface area contributed by atoms with Gasteiger partial charge in [0.15, 0.2) is 11.5 Å². The topological polar surface area (TPSA) is 77.1 Å². The minimum atomic E-state index is -0.543. The van der Waals surface area contributed by atoms with E-state index in [1.165, 1.54) is 39.5 Å². The molecule has 1 saturated heterocycles. The molecule has 0 spiro atoms. The highest BCUT2D eigenvalue weighted by Crippen LogP contribution is 2.38. The minimum Gasteiger partial charge on any atom is -0.493 e. The quantitative estimate of drug-likeness (QED) is 0.720. The summed E-state index contributed by atoms with van der Waals surface area (Å²) in [7, 11) is 4.48. The Hall–Kier alpha value is -3.00. The second-order valence-corrected chi connectivity index (χ2v) is 7.51. The van der Waals surface area contributed by atoms with Gasteiger partial charge in [-0.05, 0) is 43.2 Å². The standard InChI is InChI=1S/C22H24ClFN2O5/c1-29-18-10-14(11-19(30-2)20(18)31-3)22(28)26-8-6-13(7-9-26)21(27)25-15-4-5-17(24)16(23)12-15/h4-5,10-13H,6-9H2,1-3H3,(H,25,27). The fraction of sp³-hybridized carbons (Fsp3) is 0.364. The second-order valence-electron chi connectivity index (χ2n) is 7.10. The van der Waals surface area contributed by atoms with Crippen LogP contribution in [-0.4, -0.2) is 51.1 Å². The number of piperidine rings is 1. The Bertz CT molecular complexity index is 951. The molecule has 2 amide bonds. The van der Waals surface area contributed by atoms with Crippen LogP contribution in [0.3, 0.4) is 0 Å². The summed E-state index contributed by atoms with van der Waals surface area (Å²) >= 11 is 5.76. The molecule has 31 heavy (non-hydrogen) atoms. The number of likely N-dealkylation sites (tertiary alicyclic amines) is 1. The van der Waals surface area contributed by atoms with E-state index in [1.807, 2.05) is 0 Å². The van der Waals surface area contributed by atoms with Crippen LogP contribution in [-0.2, 0) is 4.79 Å². The number of methoxy groups -OCH3 is 3. The van der Waals surface area contributed by atoms with Crippen molar-refractivity contribution in [2.75, 3.05) is 39.7 Å². The van der Waals surface area contributed by atoms with Gasteiger partial charge in [0.2, 0.25) is 11.7 Å². The van der Waals surface area contributed by atoms with Crippen molar-refractivity contribution in [2.45, 2.75) is 12.8 Å². The molecule has 166 valence electrons. The highest BCUT2D eigenvalue weighted by Gasteiger charge is 2.29. The summed E-state index contributed by atoms with van der Waals surface area (Å²) in [6, 6.07) is 7.26. The average molecular weight is 451 g/mol. The van der Waals surface area contributed by atoms with Crippen molar-refractivity contribution in [3.8, 4) is 17.2 Å². The predicted molar refractivity (Wildman–Crippen MR) is 115 cm³/mol. The van der Waals surface area contributed by atoms with Gasteiger partial charge >= 0.3 is 0 Å². The van der Waals surface area contributed by atoms with Crippen molar-refractivity contribution in [3.05, 3.63) is 46.7 Å². The summed E-state index contributed by atoms with van der Waals surface area (Å²) in [6.07, 6.45) is 1.02. The SMILES string of the molecule is COc1cc(C(=O)N2CCC(C(=O)Nc3ccc(F)c(Cl)c3)CC2)cc(OC)c1OC. The molecule has 1 fully saturated rings. The van der Waals surface area contributed by atoms with Gasteiger partial charge in [-0.3, -0.25) is 9.59 Å². The van der Waals surface area contributed by atoms with Crippen LogP contribution < -0.4 is 19.5 Å². The van der Waals surface area contributed by atoms with Crippen molar-refractivity contribution >= 4 is 29.1 Å². The van der Waals surface area contributed by atoms with E-state index in [1.54, 1.807) is 17.0 Å². The number of rotatable bonds is 6. The van der Waals surface area contributed by atoms with E-state index in [2.05, 4.69) is 5.32 Å². The molecule has 3 rings (SSSR count). The Morgan fingerprint density at radius 3 is 2.16 bits per heavy atom. The number of anilines is 1. The smallest absolute Gasteiger partial charge is 0.254 e. The molecule has 1 heterocycles. The number of amides is 2. The second kappa shape index (κ2) is 9.87. The molecule has 0 aliphatic carbocycles. The van der Waals surface area contributed by atoms with Crippen molar-refractivity contribution in [1.82, 2.24) is 4.90 Å². The third-order valence-electron chi connectivity index (χ3n) is 5.25. The molecular weight excluding hydrogens is 427 g/mol. The Morgan fingerprint density at radius 2 is 1.65 bits per heavy atom. The number of halogens is 2. The zero-order valence-electron chi connectivity index (χ0n) is 17.5. The summed E-state index contributed by atoms with van der Waals surface area (Å²) in [5, 5.41) is 2.71. The summed E-state index contributed by atoms with van der Waals surface area (Å²) in [5.74, 6) is 0.0600. The molecule has 0 atom stereocenters. The van der Waals surface area contributed by atoms with Crippen molar-refractivity contribution < 1.29 is 28.2 Å². The van der Waals surface area contributed by atoms with Crippen LogP contribution in [0.25, 0.3) is 0 Å². The number of hydrogen-bond acceptors (Lipinski definition) is 5. The van der Waals surface area contributed by atoms with Crippen molar-refractivity contribution in [2.24, 2.45) is 5.92 Å². The first-order valence-corrected chi connectivity index (χ1v) is 10.1. The lowest BCUT2D eigenvalue weighted by molar-refractivity contribution is -0.121. The van der Waals surface area contributed by atoms with Gasteiger partial charge in [-0.25, -0.2) is 4.39 Å². The molecule has 1 aliphatic rings. The predicted octanol–water partition coefficient (Wildman–Crippen LogP) is 4.00. The fourth-order valence-corrected chi connectivity index (χ4v) is 3.73. The fourth-order valence-electron chi connectivity index (χ4n) is 3.55. The number of nitrogens with one attached hydrogen (secondary N) is 1. The lowest BCUT2D eigenvalue weighted by atomic mass is 9.95. The highest BCUT2D eigenvalue weighted by molar-refractivity contribution is 6.31. The first-order chi connectivity index (χ1) is 14.9. The molecule has 0 radical (unpaired) electrons. The lowest BCUT2D eigenvalue weighted by Crippen LogP contribution is -2.41. The van der Waals surface area contributed by atoms with Crippen LogP contribution in [0.15, 0.2) is 30.3 Å². The van der Waals surface area contributed by atoms with Gasteiger partial charge in [-0.15, -0.1) is 0 Å². The number of benzene rings is 2. The van der Waals surface area contributed by atoms with Crippen LogP contribution in [0.2, 0.25) is 5.02 Å². The molecule has 0 saturated carbocycles. The zero-order valence-corrected chi connectivity index (χ0v) is 18.3. The summed E-state index contributed by atoms with van der Waals surface area (Å²) in [4.78, 5) is 27.2. The number of hydrogen-bond donors (Lipinski definition) is 1. The van der Waals surface area contributed by atoms with Gasteiger partial charge in [-0.2, -0.15) is 0 Å². The molecule has 9 heteroatoms. The van der Waals surface area contributed by atoms with Gasteiger partial charge in [0.1, 0.15) is 5.82 Å². The van der Waals surface area contributed by atoms with Crippen LogP contribution in [0, 0.1) is 11.7 Å². The largest absolute Gasteiger partial charge is 0.493 e. The van der Waals surface area contributed by atoms with Crippen molar-refractivity contribution in [1.29, 1.82) is 0 Å². The van der Waals surface area contributed by atoms with E-state index in [0.717, 1.165) is 0 Å². The van der Waals surface area contributed by atoms with E-state index in [9.17, 15) is 14.0 Å². The molecule has 1 N–H and O–H groups in total.